The van der Waals surface area contributed by atoms with E-state index < -0.39 is 0 Å². The zero-order valence-corrected chi connectivity index (χ0v) is 11.2. The Hall–Kier alpha value is -1.72. The minimum absolute atomic E-state index is 0.0934. The molecule has 1 aliphatic carbocycles. The van der Waals surface area contributed by atoms with Gasteiger partial charge in [-0.2, -0.15) is 0 Å². The highest BCUT2D eigenvalue weighted by Crippen LogP contribution is 2.26. The number of benzene rings is 1. The maximum atomic E-state index is 12.0. The summed E-state index contributed by atoms with van der Waals surface area (Å²) in [6.07, 6.45) is 3.48. The summed E-state index contributed by atoms with van der Waals surface area (Å²) in [5.74, 6) is -0.0934. The number of amides is 1. The molecular weight excluding hydrogens is 258 g/mol. The number of rotatable bonds is 3. The molecule has 5 heteroatoms. The molecule has 4 nitrogen and oxygen atoms in total. The van der Waals surface area contributed by atoms with Gasteiger partial charge in [-0.1, -0.05) is 30.3 Å². The monoisotopic (exact) mass is 273 g/mol. The Morgan fingerprint density at radius 1 is 1.32 bits per heavy atom. The van der Waals surface area contributed by atoms with E-state index in [4.69, 9.17) is 5.73 Å². The Kier molecular flexibility index (Phi) is 3.31. The van der Waals surface area contributed by atoms with Gasteiger partial charge in [-0.3, -0.25) is 4.79 Å². The molecule has 1 amide bonds. The number of carbonyl (C=O) groups is 1. The van der Waals surface area contributed by atoms with Crippen LogP contribution in [0.3, 0.4) is 0 Å². The molecule has 2 aromatic rings. The molecule has 0 saturated heterocycles. The minimum atomic E-state index is -0.0934. The van der Waals surface area contributed by atoms with Crippen molar-refractivity contribution in [2.45, 2.75) is 24.9 Å². The largest absolute Gasteiger partial charge is 0.347 e. The molecule has 1 heterocycles. The van der Waals surface area contributed by atoms with Gasteiger partial charge >= 0.3 is 0 Å². The van der Waals surface area contributed by atoms with Crippen LogP contribution in [0.5, 0.6) is 0 Å². The average molecular weight is 273 g/mol. The Morgan fingerprint density at radius 2 is 2.05 bits per heavy atom. The van der Waals surface area contributed by atoms with Gasteiger partial charge in [0.25, 0.3) is 5.91 Å². The molecule has 98 valence electrons. The van der Waals surface area contributed by atoms with Gasteiger partial charge in [0, 0.05) is 18.3 Å². The standard InChI is InChI=1S/C14H15N3OS/c15-10-6-11(7-10)17-13(18)14-16-8-12(19-14)9-4-2-1-3-5-9/h1-5,8,10-11H,6-7,15H2,(H,17,18)/t10-,11-. The van der Waals surface area contributed by atoms with E-state index in [1.165, 1.54) is 11.3 Å². The smallest absolute Gasteiger partial charge is 0.280 e. The first-order chi connectivity index (χ1) is 9.22. The van der Waals surface area contributed by atoms with E-state index in [9.17, 15) is 4.79 Å². The molecule has 0 radical (unpaired) electrons. The van der Waals surface area contributed by atoms with Crippen molar-refractivity contribution >= 4 is 17.2 Å². The zero-order valence-electron chi connectivity index (χ0n) is 10.4. The number of aromatic nitrogens is 1. The fourth-order valence-electron chi connectivity index (χ4n) is 2.14. The number of nitrogens with two attached hydrogens (primary N) is 1. The third-order valence-electron chi connectivity index (χ3n) is 3.27. The number of hydrogen-bond acceptors (Lipinski definition) is 4. The number of nitrogens with zero attached hydrogens (tertiary/aromatic N) is 1. The van der Waals surface area contributed by atoms with Gasteiger partial charge in [-0.05, 0) is 18.4 Å². The molecule has 0 aliphatic heterocycles. The van der Waals surface area contributed by atoms with Crippen molar-refractivity contribution in [1.29, 1.82) is 0 Å². The lowest BCUT2D eigenvalue weighted by Gasteiger charge is -2.32. The van der Waals surface area contributed by atoms with Gasteiger partial charge in [-0.15, -0.1) is 11.3 Å². The first kappa shape index (κ1) is 12.3. The summed E-state index contributed by atoms with van der Waals surface area (Å²) in [6, 6.07) is 10.4. The molecular formula is C14H15N3OS. The van der Waals surface area contributed by atoms with Crippen molar-refractivity contribution < 1.29 is 4.79 Å². The number of carbonyl (C=O) groups excluding carboxylic acids is 1. The highest BCUT2D eigenvalue weighted by molar-refractivity contribution is 7.16. The molecule has 3 N–H and O–H groups in total. The van der Waals surface area contributed by atoms with E-state index in [2.05, 4.69) is 10.3 Å². The van der Waals surface area contributed by atoms with Crippen LogP contribution in [0.2, 0.25) is 0 Å². The number of nitrogens with one attached hydrogen (secondary N) is 1. The summed E-state index contributed by atoms with van der Waals surface area (Å²) >= 11 is 1.42. The Morgan fingerprint density at radius 3 is 2.74 bits per heavy atom. The van der Waals surface area contributed by atoms with Gasteiger partial charge in [0.2, 0.25) is 0 Å². The molecule has 0 unspecified atom stereocenters. The topological polar surface area (TPSA) is 68.0 Å². The van der Waals surface area contributed by atoms with Crippen molar-refractivity contribution in [2.75, 3.05) is 0 Å². The van der Waals surface area contributed by atoms with Crippen LogP contribution in [-0.4, -0.2) is 23.0 Å². The van der Waals surface area contributed by atoms with E-state index in [0.717, 1.165) is 23.3 Å². The lowest BCUT2D eigenvalue weighted by molar-refractivity contribution is 0.0910. The molecule has 1 saturated carbocycles. The highest BCUT2D eigenvalue weighted by Gasteiger charge is 2.28. The first-order valence-corrected chi connectivity index (χ1v) is 7.12. The Balaban J connectivity index is 1.69. The van der Waals surface area contributed by atoms with Crippen LogP contribution in [0.15, 0.2) is 36.5 Å². The minimum Gasteiger partial charge on any atom is -0.347 e. The summed E-state index contributed by atoms with van der Waals surface area (Å²) in [5.41, 5.74) is 6.79. The number of hydrogen-bond donors (Lipinski definition) is 2. The normalized spacial score (nSPS) is 21.7. The highest BCUT2D eigenvalue weighted by atomic mass is 32.1. The van der Waals surface area contributed by atoms with Gasteiger partial charge < -0.3 is 11.1 Å². The molecule has 0 atom stereocenters. The molecule has 0 spiro atoms. The summed E-state index contributed by atoms with van der Waals surface area (Å²) < 4.78 is 0. The summed E-state index contributed by atoms with van der Waals surface area (Å²) in [7, 11) is 0. The van der Waals surface area contributed by atoms with E-state index in [1.807, 2.05) is 30.3 Å². The van der Waals surface area contributed by atoms with Crippen molar-refractivity contribution in [3.8, 4) is 10.4 Å². The van der Waals surface area contributed by atoms with Crippen molar-refractivity contribution in [3.05, 3.63) is 41.5 Å². The van der Waals surface area contributed by atoms with Crippen molar-refractivity contribution in [1.82, 2.24) is 10.3 Å². The maximum absolute atomic E-state index is 12.0. The van der Waals surface area contributed by atoms with Gasteiger partial charge in [0.05, 0.1) is 4.88 Å². The number of thiazole rings is 1. The molecule has 0 bridgehead atoms. The van der Waals surface area contributed by atoms with Crippen LogP contribution in [0.4, 0.5) is 0 Å². The third kappa shape index (κ3) is 2.67. The lowest BCUT2D eigenvalue weighted by atomic mass is 9.88. The third-order valence-corrected chi connectivity index (χ3v) is 4.31. The van der Waals surface area contributed by atoms with Gasteiger partial charge in [-0.25, -0.2) is 4.98 Å². The van der Waals surface area contributed by atoms with E-state index in [0.29, 0.717) is 5.01 Å². The van der Waals surface area contributed by atoms with Crippen LogP contribution < -0.4 is 11.1 Å². The summed E-state index contributed by atoms with van der Waals surface area (Å²) in [6.45, 7) is 0. The zero-order chi connectivity index (χ0) is 13.2. The van der Waals surface area contributed by atoms with Gasteiger partial charge in [0.15, 0.2) is 5.01 Å². The first-order valence-electron chi connectivity index (χ1n) is 6.30. The average Bonchev–Trinajstić information content (AvgIpc) is 2.87. The lowest BCUT2D eigenvalue weighted by Crippen LogP contribution is -2.50. The van der Waals surface area contributed by atoms with Gasteiger partial charge in [0.1, 0.15) is 0 Å². The second-order valence-corrected chi connectivity index (χ2v) is 5.83. The fourth-order valence-corrected chi connectivity index (χ4v) is 2.97. The molecule has 1 aromatic carbocycles. The van der Waals surface area contributed by atoms with Crippen LogP contribution in [0.25, 0.3) is 10.4 Å². The van der Waals surface area contributed by atoms with Crippen LogP contribution >= 0.6 is 11.3 Å². The molecule has 19 heavy (non-hydrogen) atoms. The Bertz CT molecular complexity index is 575. The predicted octanol–water partition coefficient (Wildman–Crippen LogP) is 2.03. The molecule has 1 aliphatic rings. The summed E-state index contributed by atoms with van der Waals surface area (Å²) in [5, 5.41) is 3.47. The molecule has 1 fully saturated rings. The van der Waals surface area contributed by atoms with E-state index >= 15 is 0 Å². The van der Waals surface area contributed by atoms with E-state index in [1.54, 1.807) is 6.20 Å². The molecule has 3 rings (SSSR count). The predicted molar refractivity (Wildman–Crippen MR) is 76.0 cm³/mol. The van der Waals surface area contributed by atoms with Crippen molar-refractivity contribution in [3.63, 3.8) is 0 Å². The fraction of sp³-hybridized carbons (Fsp3) is 0.286. The SMILES string of the molecule is N[C@H]1C[C@H](NC(=O)c2ncc(-c3ccccc3)s2)C1. The van der Waals surface area contributed by atoms with Crippen LogP contribution in [0.1, 0.15) is 22.6 Å². The summed E-state index contributed by atoms with van der Waals surface area (Å²) in [4.78, 5) is 17.2. The Labute approximate surface area is 115 Å². The van der Waals surface area contributed by atoms with Crippen molar-refractivity contribution in [2.24, 2.45) is 5.73 Å². The van der Waals surface area contributed by atoms with Crippen LogP contribution in [0, 0.1) is 0 Å². The van der Waals surface area contributed by atoms with E-state index in [-0.39, 0.29) is 18.0 Å². The quantitative estimate of drug-likeness (QED) is 0.899. The second kappa shape index (κ2) is 5.11. The maximum Gasteiger partial charge on any atom is 0.280 e. The molecule has 1 aromatic heterocycles. The van der Waals surface area contributed by atoms with Crippen LogP contribution in [-0.2, 0) is 0 Å². The second-order valence-electron chi connectivity index (χ2n) is 4.80.